The number of carbonyl (C=O) groups excluding carboxylic acids is 2. The van der Waals surface area contributed by atoms with Crippen molar-refractivity contribution in [2.75, 3.05) is 10.6 Å². The summed E-state index contributed by atoms with van der Waals surface area (Å²) in [6.07, 6.45) is 0. The summed E-state index contributed by atoms with van der Waals surface area (Å²) in [6, 6.07) is 12.1. The predicted octanol–water partition coefficient (Wildman–Crippen LogP) is 3.86. The molecule has 0 aliphatic rings. The van der Waals surface area contributed by atoms with Gasteiger partial charge in [0, 0.05) is 18.2 Å². The van der Waals surface area contributed by atoms with E-state index in [4.69, 9.17) is 11.6 Å². The standard InChI is InChI=1S/C16H15ClN2O2/c1-10-3-8-15(14(17)9-10)19-16(21)12-4-6-13(7-5-12)18-11(2)20/h3-9H,1-2H3,(H,18,20)(H,19,21). The van der Waals surface area contributed by atoms with Crippen molar-refractivity contribution in [3.05, 3.63) is 58.6 Å². The van der Waals surface area contributed by atoms with E-state index >= 15 is 0 Å². The molecule has 0 bridgehead atoms. The van der Waals surface area contributed by atoms with Crippen molar-refractivity contribution in [3.8, 4) is 0 Å². The number of aryl methyl sites for hydroxylation is 1. The molecule has 4 nitrogen and oxygen atoms in total. The van der Waals surface area contributed by atoms with Crippen LogP contribution < -0.4 is 10.6 Å². The van der Waals surface area contributed by atoms with Crippen LogP contribution in [0, 0.1) is 6.92 Å². The van der Waals surface area contributed by atoms with Gasteiger partial charge in [0.05, 0.1) is 10.7 Å². The van der Waals surface area contributed by atoms with Crippen molar-refractivity contribution >= 4 is 34.8 Å². The second kappa shape index (κ2) is 6.41. The number of nitrogens with one attached hydrogen (secondary N) is 2. The molecule has 0 aliphatic carbocycles. The molecule has 2 rings (SSSR count). The highest BCUT2D eigenvalue weighted by Gasteiger charge is 2.08. The first-order valence-corrected chi connectivity index (χ1v) is 6.78. The van der Waals surface area contributed by atoms with Gasteiger partial charge in [0.25, 0.3) is 5.91 Å². The lowest BCUT2D eigenvalue weighted by atomic mass is 10.1. The topological polar surface area (TPSA) is 58.2 Å². The monoisotopic (exact) mass is 302 g/mol. The van der Waals surface area contributed by atoms with E-state index in [1.165, 1.54) is 6.92 Å². The van der Waals surface area contributed by atoms with E-state index in [2.05, 4.69) is 10.6 Å². The van der Waals surface area contributed by atoms with E-state index in [1.807, 2.05) is 13.0 Å². The molecule has 0 fully saturated rings. The van der Waals surface area contributed by atoms with Crippen molar-refractivity contribution < 1.29 is 9.59 Å². The number of benzene rings is 2. The summed E-state index contributed by atoms with van der Waals surface area (Å²) in [5.74, 6) is -0.409. The average molecular weight is 303 g/mol. The average Bonchev–Trinajstić information content (AvgIpc) is 2.42. The summed E-state index contributed by atoms with van der Waals surface area (Å²) >= 11 is 6.08. The molecule has 0 saturated carbocycles. The zero-order chi connectivity index (χ0) is 15.4. The van der Waals surface area contributed by atoms with Crippen LogP contribution in [0.3, 0.4) is 0 Å². The highest BCUT2D eigenvalue weighted by molar-refractivity contribution is 6.34. The fourth-order valence-electron chi connectivity index (χ4n) is 1.82. The third-order valence-corrected chi connectivity index (χ3v) is 3.15. The summed E-state index contributed by atoms with van der Waals surface area (Å²) in [7, 11) is 0. The summed E-state index contributed by atoms with van der Waals surface area (Å²) in [6.45, 7) is 3.36. The van der Waals surface area contributed by atoms with Gasteiger partial charge in [0.2, 0.25) is 5.91 Å². The van der Waals surface area contributed by atoms with Gasteiger partial charge in [-0.05, 0) is 48.9 Å². The van der Waals surface area contributed by atoms with Crippen LogP contribution in [0.2, 0.25) is 5.02 Å². The first-order valence-electron chi connectivity index (χ1n) is 6.41. The summed E-state index contributed by atoms with van der Waals surface area (Å²) in [4.78, 5) is 23.1. The molecule has 5 heteroatoms. The molecule has 2 aromatic rings. The van der Waals surface area contributed by atoms with Gasteiger partial charge in [-0.25, -0.2) is 0 Å². The maximum Gasteiger partial charge on any atom is 0.255 e. The van der Waals surface area contributed by atoms with Crippen molar-refractivity contribution in [2.45, 2.75) is 13.8 Å². The normalized spacial score (nSPS) is 10.0. The zero-order valence-corrected chi connectivity index (χ0v) is 12.5. The van der Waals surface area contributed by atoms with Gasteiger partial charge in [0.15, 0.2) is 0 Å². The van der Waals surface area contributed by atoms with E-state index in [0.717, 1.165) is 5.56 Å². The molecular formula is C16H15ClN2O2. The molecule has 0 aromatic heterocycles. The van der Waals surface area contributed by atoms with Crippen molar-refractivity contribution in [3.63, 3.8) is 0 Å². The Labute approximate surface area is 128 Å². The van der Waals surface area contributed by atoms with Crippen LogP contribution in [0.5, 0.6) is 0 Å². The fourth-order valence-corrected chi connectivity index (χ4v) is 2.11. The largest absolute Gasteiger partial charge is 0.326 e. The van der Waals surface area contributed by atoms with Crippen molar-refractivity contribution in [2.24, 2.45) is 0 Å². The van der Waals surface area contributed by atoms with Crippen LogP contribution in [0.25, 0.3) is 0 Å². The minimum atomic E-state index is -0.255. The van der Waals surface area contributed by atoms with Gasteiger partial charge < -0.3 is 10.6 Å². The number of amides is 2. The summed E-state index contributed by atoms with van der Waals surface area (Å²) in [5, 5.41) is 5.90. The summed E-state index contributed by atoms with van der Waals surface area (Å²) in [5.41, 5.74) is 2.73. The van der Waals surface area contributed by atoms with E-state index in [9.17, 15) is 9.59 Å². The van der Waals surface area contributed by atoms with Gasteiger partial charge in [-0.15, -0.1) is 0 Å². The number of rotatable bonds is 3. The van der Waals surface area contributed by atoms with E-state index in [-0.39, 0.29) is 11.8 Å². The molecule has 2 amide bonds. The van der Waals surface area contributed by atoms with Crippen LogP contribution in [-0.4, -0.2) is 11.8 Å². The lowest BCUT2D eigenvalue weighted by molar-refractivity contribution is -0.114. The molecule has 2 N–H and O–H groups in total. The van der Waals surface area contributed by atoms with E-state index in [1.54, 1.807) is 36.4 Å². The number of hydrogen-bond donors (Lipinski definition) is 2. The lowest BCUT2D eigenvalue weighted by Crippen LogP contribution is -2.12. The molecule has 2 aromatic carbocycles. The van der Waals surface area contributed by atoms with Crippen LogP contribution in [0.15, 0.2) is 42.5 Å². The smallest absolute Gasteiger partial charge is 0.255 e. The quantitative estimate of drug-likeness (QED) is 0.904. The minimum absolute atomic E-state index is 0.154. The molecule has 0 spiro atoms. The first-order chi connectivity index (χ1) is 9.95. The maximum atomic E-state index is 12.1. The SMILES string of the molecule is CC(=O)Nc1ccc(C(=O)Nc2ccc(C)cc2Cl)cc1. The second-order valence-electron chi connectivity index (χ2n) is 4.70. The third-order valence-electron chi connectivity index (χ3n) is 2.84. The Hall–Kier alpha value is -2.33. The Morgan fingerprint density at radius 2 is 1.67 bits per heavy atom. The molecule has 0 heterocycles. The van der Waals surface area contributed by atoms with E-state index < -0.39 is 0 Å². The molecule has 0 aliphatic heterocycles. The highest BCUT2D eigenvalue weighted by atomic mass is 35.5. The first kappa shape index (κ1) is 15.1. The molecule has 0 atom stereocenters. The molecular weight excluding hydrogens is 288 g/mol. The van der Waals surface area contributed by atoms with Crippen molar-refractivity contribution in [1.82, 2.24) is 0 Å². The second-order valence-corrected chi connectivity index (χ2v) is 5.10. The minimum Gasteiger partial charge on any atom is -0.326 e. The molecule has 108 valence electrons. The van der Waals surface area contributed by atoms with E-state index in [0.29, 0.717) is 22.0 Å². The Balaban J connectivity index is 2.11. The van der Waals surface area contributed by atoms with Gasteiger partial charge in [-0.3, -0.25) is 9.59 Å². The molecule has 21 heavy (non-hydrogen) atoms. The van der Waals surface area contributed by atoms with Crippen molar-refractivity contribution in [1.29, 1.82) is 0 Å². The number of carbonyl (C=O) groups is 2. The Morgan fingerprint density at radius 1 is 1.00 bits per heavy atom. The van der Waals surface area contributed by atoms with Gasteiger partial charge in [-0.2, -0.15) is 0 Å². The number of anilines is 2. The fraction of sp³-hybridized carbons (Fsp3) is 0.125. The predicted molar refractivity (Wildman–Crippen MR) is 84.9 cm³/mol. The Kier molecular flexibility index (Phi) is 4.60. The molecule has 0 unspecified atom stereocenters. The summed E-state index contributed by atoms with van der Waals surface area (Å²) < 4.78 is 0. The van der Waals surface area contributed by atoms with Gasteiger partial charge in [0.1, 0.15) is 0 Å². The zero-order valence-electron chi connectivity index (χ0n) is 11.7. The third kappa shape index (κ3) is 4.07. The molecule has 0 radical (unpaired) electrons. The maximum absolute atomic E-state index is 12.1. The van der Waals surface area contributed by atoms with Gasteiger partial charge >= 0.3 is 0 Å². The number of hydrogen-bond acceptors (Lipinski definition) is 2. The molecule has 0 saturated heterocycles. The Morgan fingerprint density at radius 3 is 2.24 bits per heavy atom. The van der Waals surface area contributed by atoms with Crippen LogP contribution in [0.4, 0.5) is 11.4 Å². The van der Waals surface area contributed by atoms with Crippen LogP contribution >= 0.6 is 11.6 Å². The number of halogens is 1. The van der Waals surface area contributed by atoms with Gasteiger partial charge in [-0.1, -0.05) is 17.7 Å². The lowest BCUT2D eigenvalue weighted by Gasteiger charge is -2.08. The van der Waals surface area contributed by atoms with Crippen LogP contribution in [0.1, 0.15) is 22.8 Å². The highest BCUT2D eigenvalue weighted by Crippen LogP contribution is 2.23. The van der Waals surface area contributed by atoms with Crippen LogP contribution in [-0.2, 0) is 4.79 Å². The Bertz CT molecular complexity index is 681.